The lowest BCUT2D eigenvalue weighted by atomic mass is 9.61. The molecule has 0 aromatic rings. The number of hydrogen-bond acceptors (Lipinski definition) is 2. The van der Waals surface area contributed by atoms with Crippen molar-refractivity contribution in [1.29, 1.82) is 0 Å². The molecule has 3 aliphatic carbocycles. The van der Waals surface area contributed by atoms with Gasteiger partial charge in [-0.1, -0.05) is 57.6 Å². The Balaban J connectivity index is 1.51. The number of amides is 2. The van der Waals surface area contributed by atoms with Crippen molar-refractivity contribution in [2.75, 3.05) is 6.54 Å². The van der Waals surface area contributed by atoms with E-state index in [1.807, 2.05) is 0 Å². The zero-order valence-corrected chi connectivity index (χ0v) is 16.9. The van der Waals surface area contributed by atoms with E-state index in [0.717, 1.165) is 38.6 Å². The summed E-state index contributed by atoms with van der Waals surface area (Å²) in [5.41, 5.74) is -0.158. The van der Waals surface area contributed by atoms with E-state index in [9.17, 15) is 9.59 Å². The average molecular weight is 373 g/mol. The van der Waals surface area contributed by atoms with Gasteiger partial charge in [0, 0.05) is 18.6 Å². The molecule has 3 atom stereocenters. The van der Waals surface area contributed by atoms with Gasteiger partial charge in [0.05, 0.1) is 11.8 Å². The third-order valence-electron chi connectivity index (χ3n) is 7.75. The van der Waals surface area contributed by atoms with Crippen molar-refractivity contribution in [3.63, 3.8) is 0 Å². The van der Waals surface area contributed by atoms with Gasteiger partial charge in [0.25, 0.3) is 0 Å². The van der Waals surface area contributed by atoms with Crippen LogP contribution >= 0.6 is 0 Å². The molecule has 1 saturated heterocycles. The zero-order valence-electron chi connectivity index (χ0n) is 16.9. The number of fused-ring (bicyclic) bond motifs is 1. The molecular weight excluding hydrogens is 336 g/mol. The Morgan fingerprint density at radius 3 is 2.44 bits per heavy atom. The van der Waals surface area contributed by atoms with E-state index in [0.29, 0.717) is 18.5 Å². The number of nitrogens with one attached hydrogen (secondary N) is 1. The summed E-state index contributed by atoms with van der Waals surface area (Å²) < 4.78 is 0. The van der Waals surface area contributed by atoms with Crippen LogP contribution in [0.4, 0.5) is 0 Å². The minimum absolute atomic E-state index is 0.126. The summed E-state index contributed by atoms with van der Waals surface area (Å²) in [5, 5.41) is 3.31. The molecule has 1 N–H and O–H groups in total. The molecule has 2 unspecified atom stereocenters. The molecule has 4 heteroatoms. The fraction of sp³-hybridized carbons (Fsp3) is 0.826. The Labute approximate surface area is 164 Å². The normalized spacial score (nSPS) is 35.7. The van der Waals surface area contributed by atoms with Crippen LogP contribution in [0, 0.1) is 17.3 Å². The topological polar surface area (TPSA) is 49.4 Å². The maximum absolute atomic E-state index is 13.6. The molecule has 3 fully saturated rings. The smallest absolute Gasteiger partial charge is 0.227 e. The molecule has 0 spiro atoms. The van der Waals surface area contributed by atoms with Crippen LogP contribution in [0.2, 0.25) is 0 Å². The lowest BCUT2D eigenvalue weighted by Gasteiger charge is -2.50. The van der Waals surface area contributed by atoms with Crippen molar-refractivity contribution in [3.05, 3.63) is 12.2 Å². The SMILES string of the molecule is CC12C=CC[C@H](C(=O)NC3CCCCC3)C1C(=O)N(C1CCCCC1)CC2. The summed E-state index contributed by atoms with van der Waals surface area (Å²) in [4.78, 5) is 28.9. The van der Waals surface area contributed by atoms with Crippen LogP contribution in [0.5, 0.6) is 0 Å². The van der Waals surface area contributed by atoms with Crippen molar-refractivity contribution in [2.45, 2.75) is 96.1 Å². The first-order valence-electron chi connectivity index (χ1n) is 11.4. The Kier molecular flexibility index (Phi) is 5.61. The van der Waals surface area contributed by atoms with Gasteiger partial charge in [-0.2, -0.15) is 0 Å². The van der Waals surface area contributed by atoms with E-state index in [4.69, 9.17) is 0 Å². The second-order valence-electron chi connectivity index (χ2n) is 9.65. The Morgan fingerprint density at radius 2 is 1.74 bits per heavy atom. The highest BCUT2D eigenvalue weighted by molar-refractivity contribution is 5.90. The minimum Gasteiger partial charge on any atom is -0.353 e. The first kappa shape index (κ1) is 19.0. The van der Waals surface area contributed by atoms with E-state index in [1.165, 1.54) is 38.5 Å². The Bertz CT molecular complexity index is 589. The van der Waals surface area contributed by atoms with Gasteiger partial charge in [0.2, 0.25) is 11.8 Å². The van der Waals surface area contributed by atoms with Gasteiger partial charge in [0.15, 0.2) is 0 Å². The molecule has 150 valence electrons. The molecule has 0 bridgehead atoms. The van der Waals surface area contributed by atoms with Gasteiger partial charge in [-0.3, -0.25) is 9.59 Å². The second-order valence-corrected chi connectivity index (χ2v) is 9.65. The van der Waals surface area contributed by atoms with E-state index in [1.54, 1.807) is 0 Å². The summed E-state index contributed by atoms with van der Waals surface area (Å²) in [6.45, 7) is 3.06. The molecule has 2 saturated carbocycles. The highest BCUT2D eigenvalue weighted by atomic mass is 16.2. The number of hydrogen-bond donors (Lipinski definition) is 1. The van der Waals surface area contributed by atoms with Crippen molar-refractivity contribution in [2.24, 2.45) is 17.3 Å². The molecule has 0 radical (unpaired) electrons. The Hall–Kier alpha value is -1.32. The molecule has 1 heterocycles. The summed E-state index contributed by atoms with van der Waals surface area (Å²) in [6, 6.07) is 0.723. The second kappa shape index (κ2) is 7.97. The summed E-state index contributed by atoms with van der Waals surface area (Å²) in [5.74, 6) is 0.00713. The molecule has 4 rings (SSSR count). The van der Waals surface area contributed by atoms with Gasteiger partial charge < -0.3 is 10.2 Å². The number of allylic oxidation sites excluding steroid dienone is 2. The number of carbonyl (C=O) groups is 2. The van der Waals surface area contributed by atoms with Crippen LogP contribution in [0.15, 0.2) is 12.2 Å². The number of carbonyl (C=O) groups excluding carboxylic acids is 2. The van der Waals surface area contributed by atoms with E-state index < -0.39 is 0 Å². The van der Waals surface area contributed by atoms with Crippen molar-refractivity contribution in [1.82, 2.24) is 10.2 Å². The maximum atomic E-state index is 13.6. The average Bonchev–Trinajstić information content (AvgIpc) is 2.69. The van der Waals surface area contributed by atoms with E-state index in [-0.39, 0.29) is 29.1 Å². The number of rotatable bonds is 3. The van der Waals surface area contributed by atoms with Crippen LogP contribution in [0.25, 0.3) is 0 Å². The molecule has 1 aliphatic heterocycles. The largest absolute Gasteiger partial charge is 0.353 e. The maximum Gasteiger partial charge on any atom is 0.227 e. The van der Waals surface area contributed by atoms with Crippen LogP contribution in [0.3, 0.4) is 0 Å². The molecule has 4 aliphatic rings. The monoisotopic (exact) mass is 372 g/mol. The predicted molar refractivity (Wildman–Crippen MR) is 107 cm³/mol. The van der Waals surface area contributed by atoms with Crippen molar-refractivity contribution >= 4 is 11.8 Å². The van der Waals surface area contributed by atoms with E-state index in [2.05, 4.69) is 29.3 Å². The first-order valence-corrected chi connectivity index (χ1v) is 11.4. The molecule has 27 heavy (non-hydrogen) atoms. The zero-order chi connectivity index (χ0) is 18.9. The molecule has 4 nitrogen and oxygen atoms in total. The summed E-state index contributed by atoms with van der Waals surface area (Å²) in [6.07, 6.45) is 18.1. The van der Waals surface area contributed by atoms with E-state index >= 15 is 0 Å². The standard InChI is InChI=1S/C23H36N2O2/c1-23-14-8-13-19(21(26)24-17-9-4-2-5-10-17)20(23)22(27)25(16-15-23)18-11-6-3-7-12-18/h8,14,17-20H,2-7,9-13,15-16H2,1H3,(H,24,26)/t19-,20?,23?/m0/s1. The number of nitrogens with zero attached hydrogens (tertiary/aromatic N) is 1. The van der Waals surface area contributed by atoms with Crippen molar-refractivity contribution in [3.8, 4) is 0 Å². The molecule has 2 amide bonds. The lowest BCUT2D eigenvalue weighted by Crippen LogP contribution is -2.59. The molecular formula is C23H36N2O2. The molecule has 0 aromatic carbocycles. The third-order valence-corrected chi connectivity index (χ3v) is 7.75. The van der Waals surface area contributed by atoms with Gasteiger partial charge in [-0.25, -0.2) is 0 Å². The van der Waals surface area contributed by atoms with Crippen LogP contribution in [0.1, 0.15) is 84.0 Å². The minimum atomic E-state index is -0.194. The summed E-state index contributed by atoms with van der Waals surface area (Å²) in [7, 11) is 0. The van der Waals surface area contributed by atoms with Gasteiger partial charge in [-0.15, -0.1) is 0 Å². The van der Waals surface area contributed by atoms with Gasteiger partial charge in [0.1, 0.15) is 0 Å². The van der Waals surface area contributed by atoms with Crippen molar-refractivity contribution < 1.29 is 9.59 Å². The van der Waals surface area contributed by atoms with Crippen LogP contribution in [-0.2, 0) is 9.59 Å². The predicted octanol–water partition coefficient (Wildman–Crippen LogP) is 4.20. The van der Waals surface area contributed by atoms with Crippen LogP contribution < -0.4 is 5.32 Å². The highest BCUT2D eigenvalue weighted by Gasteiger charge is 2.52. The number of likely N-dealkylation sites (tertiary alicyclic amines) is 1. The lowest BCUT2D eigenvalue weighted by molar-refractivity contribution is -0.155. The fourth-order valence-corrected chi connectivity index (χ4v) is 6.10. The first-order chi connectivity index (χ1) is 13.1. The quantitative estimate of drug-likeness (QED) is 0.755. The van der Waals surface area contributed by atoms with Crippen LogP contribution in [-0.4, -0.2) is 35.3 Å². The third kappa shape index (κ3) is 3.82. The summed E-state index contributed by atoms with van der Waals surface area (Å²) >= 11 is 0. The Morgan fingerprint density at radius 1 is 1.07 bits per heavy atom. The fourth-order valence-electron chi connectivity index (χ4n) is 6.10. The number of piperidine rings is 1. The highest BCUT2D eigenvalue weighted by Crippen LogP contribution is 2.47. The van der Waals surface area contributed by atoms with Gasteiger partial charge in [-0.05, 0) is 43.9 Å². The van der Waals surface area contributed by atoms with Gasteiger partial charge >= 0.3 is 0 Å². The molecule has 0 aromatic heterocycles.